The summed E-state index contributed by atoms with van der Waals surface area (Å²) in [6, 6.07) is 0.479. The lowest BCUT2D eigenvalue weighted by Crippen LogP contribution is -2.43. The maximum absolute atomic E-state index is 11.1. The van der Waals surface area contributed by atoms with Crippen molar-refractivity contribution < 1.29 is 9.53 Å². The first-order valence-electron chi connectivity index (χ1n) is 5.29. The summed E-state index contributed by atoms with van der Waals surface area (Å²) in [5.74, 6) is -0.145. The first-order valence-corrected chi connectivity index (χ1v) is 5.29. The Morgan fingerprint density at radius 3 is 3.00 bits per heavy atom. The van der Waals surface area contributed by atoms with E-state index in [1.807, 2.05) is 0 Å². The monoisotopic (exact) mass is 200 g/mol. The molecular weight excluding hydrogens is 180 g/mol. The molecule has 0 aromatic heterocycles. The summed E-state index contributed by atoms with van der Waals surface area (Å²) in [6.07, 6.45) is 4.57. The van der Waals surface area contributed by atoms with E-state index in [1.54, 1.807) is 0 Å². The fourth-order valence-corrected chi connectivity index (χ4v) is 2.02. The zero-order chi connectivity index (χ0) is 10.4. The van der Waals surface area contributed by atoms with Crippen molar-refractivity contribution in [1.29, 1.82) is 0 Å². The van der Waals surface area contributed by atoms with Crippen molar-refractivity contribution in [3.05, 3.63) is 0 Å². The minimum atomic E-state index is -0.145. The van der Waals surface area contributed by atoms with Gasteiger partial charge in [-0.15, -0.1) is 0 Å². The Bertz CT molecular complexity index is 183. The van der Waals surface area contributed by atoms with E-state index in [9.17, 15) is 4.79 Å². The van der Waals surface area contributed by atoms with Crippen LogP contribution in [0.4, 0.5) is 0 Å². The van der Waals surface area contributed by atoms with E-state index in [4.69, 9.17) is 5.73 Å². The Kier molecular flexibility index (Phi) is 4.90. The molecular formula is C10H20N2O2. The van der Waals surface area contributed by atoms with Crippen molar-refractivity contribution in [3.8, 4) is 0 Å². The minimum Gasteiger partial charge on any atom is -0.468 e. The molecule has 4 nitrogen and oxygen atoms in total. The molecule has 82 valence electrons. The summed E-state index contributed by atoms with van der Waals surface area (Å²) < 4.78 is 4.67. The van der Waals surface area contributed by atoms with Gasteiger partial charge in [-0.05, 0) is 32.4 Å². The zero-order valence-electron chi connectivity index (χ0n) is 8.87. The van der Waals surface area contributed by atoms with E-state index in [0.717, 1.165) is 19.4 Å². The Morgan fingerprint density at radius 2 is 2.36 bits per heavy atom. The van der Waals surface area contributed by atoms with E-state index in [2.05, 4.69) is 9.64 Å². The number of hydrogen-bond acceptors (Lipinski definition) is 4. The fourth-order valence-electron chi connectivity index (χ4n) is 2.02. The van der Waals surface area contributed by atoms with Crippen LogP contribution in [0.5, 0.6) is 0 Å². The highest BCUT2D eigenvalue weighted by molar-refractivity contribution is 5.71. The maximum atomic E-state index is 11.1. The third kappa shape index (κ3) is 3.27. The van der Waals surface area contributed by atoms with Crippen molar-refractivity contribution >= 4 is 5.97 Å². The molecule has 1 atom stereocenters. The highest BCUT2D eigenvalue weighted by atomic mass is 16.5. The zero-order valence-corrected chi connectivity index (χ0v) is 8.87. The molecule has 4 heteroatoms. The number of likely N-dealkylation sites (tertiary alicyclic amines) is 1. The molecule has 1 rings (SSSR count). The lowest BCUT2D eigenvalue weighted by atomic mass is 9.99. The van der Waals surface area contributed by atoms with Gasteiger partial charge in [-0.1, -0.05) is 6.42 Å². The van der Waals surface area contributed by atoms with E-state index in [-0.39, 0.29) is 5.97 Å². The summed E-state index contributed by atoms with van der Waals surface area (Å²) in [5, 5.41) is 0. The minimum absolute atomic E-state index is 0.145. The van der Waals surface area contributed by atoms with Crippen molar-refractivity contribution in [2.24, 2.45) is 5.73 Å². The van der Waals surface area contributed by atoms with Gasteiger partial charge >= 0.3 is 5.97 Å². The number of carbonyl (C=O) groups excluding carboxylic acids is 1. The summed E-state index contributed by atoms with van der Waals surface area (Å²) in [5.41, 5.74) is 5.54. The van der Waals surface area contributed by atoms with Crippen LogP contribution in [0.15, 0.2) is 0 Å². The first kappa shape index (κ1) is 11.5. The van der Waals surface area contributed by atoms with Crippen LogP contribution in [0.25, 0.3) is 0 Å². The van der Waals surface area contributed by atoms with Crippen molar-refractivity contribution in [3.63, 3.8) is 0 Å². The predicted octanol–water partition coefficient (Wildman–Crippen LogP) is 0.363. The number of ether oxygens (including phenoxy) is 1. The van der Waals surface area contributed by atoms with Crippen LogP contribution < -0.4 is 5.73 Å². The highest BCUT2D eigenvalue weighted by Gasteiger charge is 2.23. The number of rotatable bonds is 4. The number of piperidine rings is 1. The number of carbonyl (C=O) groups is 1. The molecule has 1 aliphatic rings. The van der Waals surface area contributed by atoms with E-state index in [0.29, 0.717) is 19.1 Å². The number of esters is 1. The van der Waals surface area contributed by atoms with Crippen LogP contribution >= 0.6 is 0 Å². The first-order chi connectivity index (χ1) is 6.77. The van der Waals surface area contributed by atoms with Gasteiger partial charge in [-0.3, -0.25) is 9.69 Å². The summed E-state index contributed by atoms with van der Waals surface area (Å²) in [4.78, 5) is 13.3. The van der Waals surface area contributed by atoms with Crippen molar-refractivity contribution in [2.45, 2.75) is 31.7 Å². The summed E-state index contributed by atoms with van der Waals surface area (Å²) >= 11 is 0. The maximum Gasteiger partial charge on any atom is 0.319 e. The summed E-state index contributed by atoms with van der Waals surface area (Å²) in [6.45, 7) is 2.11. The van der Waals surface area contributed by atoms with Gasteiger partial charge in [0.25, 0.3) is 0 Å². The molecule has 0 radical (unpaired) electrons. The van der Waals surface area contributed by atoms with Gasteiger partial charge in [-0.25, -0.2) is 0 Å². The molecule has 1 unspecified atom stereocenters. The molecule has 0 saturated carbocycles. The Balaban J connectivity index is 2.41. The second kappa shape index (κ2) is 5.98. The van der Waals surface area contributed by atoms with Gasteiger partial charge in [0.2, 0.25) is 0 Å². The lowest BCUT2D eigenvalue weighted by molar-refractivity contribution is -0.142. The molecule has 0 aromatic rings. The van der Waals surface area contributed by atoms with E-state index in [1.165, 1.54) is 20.0 Å². The Hall–Kier alpha value is -0.610. The quantitative estimate of drug-likeness (QED) is 0.666. The van der Waals surface area contributed by atoms with Crippen LogP contribution in [-0.2, 0) is 9.53 Å². The van der Waals surface area contributed by atoms with Crippen LogP contribution in [0, 0.1) is 0 Å². The molecule has 0 aromatic carbocycles. The predicted molar refractivity (Wildman–Crippen MR) is 54.9 cm³/mol. The second-order valence-electron chi connectivity index (χ2n) is 3.77. The van der Waals surface area contributed by atoms with E-state index >= 15 is 0 Å². The van der Waals surface area contributed by atoms with Gasteiger partial charge in [0.1, 0.15) is 0 Å². The Labute approximate surface area is 85.4 Å². The van der Waals surface area contributed by atoms with Gasteiger partial charge in [0.15, 0.2) is 0 Å². The SMILES string of the molecule is COC(=O)CN1CCCCC1CCN. The lowest BCUT2D eigenvalue weighted by Gasteiger charge is -2.34. The van der Waals surface area contributed by atoms with Gasteiger partial charge in [-0.2, -0.15) is 0 Å². The third-order valence-electron chi connectivity index (χ3n) is 2.81. The van der Waals surface area contributed by atoms with Crippen LogP contribution in [0.3, 0.4) is 0 Å². The topological polar surface area (TPSA) is 55.6 Å². The van der Waals surface area contributed by atoms with Crippen molar-refractivity contribution in [2.75, 3.05) is 26.7 Å². The van der Waals surface area contributed by atoms with Gasteiger partial charge in [0, 0.05) is 6.04 Å². The van der Waals surface area contributed by atoms with Crippen LogP contribution in [0.1, 0.15) is 25.7 Å². The molecule has 2 N–H and O–H groups in total. The van der Waals surface area contributed by atoms with Gasteiger partial charge in [0.05, 0.1) is 13.7 Å². The molecule has 14 heavy (non-hydrogen) atoms. The van der Waals surface area contributed by atoms with Gasteiger partial charge < -0.3 is 10.5 Å². The van der Waals surface area contributed by atoms with Crippen LogP contribution in [0.2, 0.25) is 0 Å². The number of methoxy groups -OCH3 is 1. The normalized spacial score (nSPS) is 23.4. The summed E-state index contributed by atoms with van der Waals surface area (Å²) in [7, 11) is 1.43. The molecule has 1 fully saturated rings. The largest absolute Gasteiger partial charge is 0.468 e. The number of nitrogens with zero attached hydrogens (tertiary/aromatic N) is 1. The number of hydrogen-bond donors (Lipinski definition) is 1. The standard InChI is InChI=1S/C10H20N2O2/c1-14-10(13)8-12-7-3-2-4-9(12)5-6-11/h9H,2-8,11H2,1H3. The highest BCUT2D eigenvalue weighted by Crippen LogP contribution is 2.18. The van der Waals surface area contributed by atoms with Crippen LogP contribution in [-0.4, -0.2) is 43.7 Å². The molecule has 0 aliphatic carbocycles. The average molecular weight is 200 g/mol. The molecule has 1 heterocycles. The van der Waals surface area contributed by atoms with E-state index < -0.39 is 0 Å². The average Bonchev–Trinajstić information content (AvgIpc) is 2.21. The fraction of sp³-hybridized carbons (Fsp3) is 0.900. The number of nitrogens with two attached hydrogens (primary N) is 1. The smallest absolute Gasteiger partial charge is 0.319 e. The molecule has 1 saturated heterocycles. The molecule has 0 amide bonds. The van der Waals surface area contributed by atoms with Crippen molar-refractivity contribution in [1.82, 2.24) is 4.90 Å². The Morgan fingerprint density at radius 1 is 1.57 bits per heavy atom. The molecule has 0 bridgehead atoms. The molecule has 1 aliphatic heterocycles. The third-order valence-corrected chi connectivity index (χ3v) is 2.81. The second-order valence-corrected chi connectivity index (χ2v) is 3.77. The molecule has 0 spiro atoms.